The molecule has 2 fully saturated rings. The maximum atomic E-state index is 12.6. The van der Waals surface area contributed by atoms with Crippen LogP contribution in [0.5, 0.6) is 0 Å². The van der Waals surface area contributed by atoms with E-state index in [-0.39, 0.29) is 16.5 Å². The van der Waals surface area contributed by atoms with Gasteiger partial charge in [-0.25, -0.2) is 9.78 Å². The molecule has 12 heteroatoms. The van der Waals surface area contributed by atoms with Gasteiger partial charge in [-0.1, -0.05) is 5.16 Å². The van der Waals surface area contributed by atoms with Crippen molar-refractivity contribution in [1.82, 2.24) is 15.2 Å². The number of rotatable bonds is 5. The lowest BCUT2D eigenvalue weighted by molar-refractivity contribution is -0.160. The molecule has 0 saturated carbocycles. The number of carbonyl (C=O) groups is 3. The van der Waals surface area contributed by atoms with E-state index in [1.807, 2.05) is 0 Å². The van der Waals surface area contributed by atoms with Gasteiger partial charge in [-0.15, -0.1) is 23.1 Å². The highest BCUT2D eigenvalue weighted by Gasteiger charge is 2.64. The molecule has 0 bridgehead atoms. The largest absolute Gasteiger partial charge is 0.480 e. The number of nitrogen functional groups attached to an aromatic ring is 1. The van der Waals surface area contributed by atoms with Gasteiger partial charge in [0.1, 0.15) is 30.3 Å². The molecule has 140 valence electrons. The Hall–Kier alpha value is -2.34. The molecule has 10 nitrogen and oxygen atoms in total. The molecule has 26 heavy (non-hydrogen) atoms. The van der Waals surface area contributed by atoms with Gasteiger partial charge in [-0.3, -0.25) is 9.59 Å². The van der Waals surface area contributed by atoms with E-state index >= 15 is 0 Å². The number of carboxylic acid groups (broad SMARTS) is 1. The fourth-order valence-corrected chi connectivity index (χ4v) is 5.22. The number of thioether (sulfide) groups is 1. The highest BCUT2D eigenvalue weighted by atomic mass is 32.2. The Labute approximate surface area is 156 Å². The number of aliphatic carboxylic acids is 1. The van der Waals surface area contributed by atoms with Crippen LogP contribution in [0.15, 0.2) is 10.5 Å². The zero-order chi connectivity index (χ0) is 19.2. The summed E-state index contributed by atoms with van der Waals surface area (Å²) in [6.07, 6.45) is 0. The first kappa shape index (κ1) is 18.5. The van der Waals surface area contributed by atoms with Crippen molar-refractivity contribution < 1.29 is 24.3 Å². The summed E-state index contributed by atoms with van der Waals surface area (Å²) in [5, 5.41) is 17.0. The smallest absolute Gasteiger partial charge is 0.327 e. The fraction of sp³-hybridized carbons (Fsp3) is 0.500. The topological polar surface area (TPSA) is 147 Å². The molecule has 4 N–H and O–H groups in total. The van der Waals surface area contributed by atoms with Gasteiger partial charge in [0.2, 0.25) is 5.91 Å². The number of oxime groups is 1. The van der Waals surface area contributed by atoms with Crippen molar-refractivity contribution in [3.63, 3.8) is 0 Å². The Bertz CT molecular complexity index is 807. The van der Waals surface area contributed by atoms with Crippen LogP contribution in [0.25, 0.3) is 0 Å². The Morgan fingerprint density at radius 1 is 1.50 bits per heavy atom. The monoisotopic (exact) mass is 399 g/mol. The number of thiazole rings is 1. The minimum absolute atomic E-state index is 0.108. The molecule has 3 rings (SSSR count). The molecule has 0 spiro atoms. The van der Waals surface area contributed by atoms with Crippen LogP contribution in [0.2, 0.25) is 0 Å². The number of nitrogens with two attached hydrogens (primary N) is 1. The molecular weight excluding hydrogens is 382 g/mol. The summed E-state index contributed by atoms with van der Waals surface area (Å²) in [7, 11) is 1.28. The summed E-state index contributed by atoms with van der Waals surface area (Å²) in [5.74, 6) is -2.15. The molecule has 2 saturated heterocycles. The van der Waals surface area contributed by atoms with Crippen molar-refractivity contribution in [2.24, 2.45) is 5.16 Å². The van der Waals surface area contributed by atoms with E-state index in [4.69, 9.17) is 5.73 Å². The molecular formula is C14H17N5O5S2. The fourth-order valence-electron chi connectivity index (χ4n) is 3.05. The van der Waals surface area contributed by atoms with E-state index in [1.54, 1.807) is 19.2 Å². The molecule has 1 aromatic rings. The number of aromatic nitrogens is 1. The van der Waals surface area contributed by atoms with Crippen molar-refractivity contribution >= 4 is 51.7 Å². The molecule has 0 unspecified atom stereocenters. The summed E-state index contributed by atoms with van der Waals surface area (Å²) < 4.78 is -0.668. The molecule has 0 radical (unpaired) electrons. The summed E-state index contributed by atoms with van der Waals surface area (Å²) in [6, 6.07) is -1.78. The van der Waals surface area contributed by atoms with Gasteiger partial charge < -0.3 is 25.9 Å². The number of anilines is 1. The van der Waals surface area contributed by atoms with Crippen molar-refractivity contribution in [2.75, 3.05) is 12.8 Å². The minimum atomic E-state index is -1.07. The van der Waals surface area contributed by atoms with Crippen LogP contribution >= 0.6 is 23.1 Å². The van der Waals surface area contributed by atoms with E-state index < -0.39 is 40.0 Å². The molecule has 0 aromatic carbocycles. The lowest BCUT2D eigenvalue weighted by Crippen LogP contribution is -2.71. The van der Waals surface area contributed by atoms with Crippen LogP contribution in [0.1, 0.15) is 19.5 Å². The predicted octanol–water partition coefficient (Wildman–Crippen LogP) is -0.292. The third-order valence-corrected chi connectivity index (χ3v) is 6.37. The third kappa shape index (κ3) is 2.88. The maximum absolute atomic E-state index is 12.6. The maximum Gasteiger partial charge on any atom is 0.327 e. The van der Waals surface area contributed by atoms with E-state index in [2.05, 4.69) is 20.3 Å². The Morgan fingerprint density at radius 2 is 2.19 bits per heavy atom. The van der Waals surface area contributed by atoms with Gasteiger partial charge in [0.25, 0.3) is 5.91 Å². The minimum Gasteiger partial charge on any atom is -0.480 e. The van der Waals surface area contributed by atoms with Gasteiger partial charge in [-0.05, 0) is 13.8 Å². The van der Waals surface area contributed by atoms with Gasteiger partial charge in [-0.2, -0.15) is 0 Å². The average Bonchev–Trinajstić information content (AvgIpc) is 3.09. The highest BCUT2D eigenvalue weighted by molar-refractivity contribution is 8.01. The normalized spacial score (nSPS) is 26.9. The molecule has 3 atom stereocenters. The van der Waals surface area contributed by atoms with Crippen molar-refractivity contribution in [1.29, 1.82) is 0 Å². The number of nitrogens with zero attached hydrogens (tertiary/aromatic N) is 3. The number of fused-ring (bicyclic) bond motifs is 1. The third-order valence-electron chi connectivity index (χ3n) is 4.12. The van der Waals surface area contributed by atoms with Crippen LogP contribution in [0, 0.1) is 0 Å². The SMILES string of the molecule is CON=C(C(=O)N[C@@H]1C(=O)N2[C@@H]1SC(C)(C)[C@@H]2C(=O)O)c1csc(N)n1. The van der Waals surface area contributed by atoms with Crippen molar-refractivity contribution in [3.8, 4) is 0 Å². The Kier molecular flexibility index (Phi) is 4.56. The van der Waals surface area contributed by atoms with Crippen molar-refractivity contribution in [3.05, 3.63) is 11.1 Å². The summed E-state index contributed by atoms with van der Waals surface area (Å²) in [5.41, 5.74) is 5.70. The zero-order valence-corrected chi connectivity index (χ0v) is 15.8. The molecule has 2 aliphatic rings. The van der Waals surface area contributed by atoms with Gasteiger partial charge in [0.05, 0.1) is 0 Å². The number of hydrogen-bond acceptors (Lipinski definition) is 9. The number of nitrogens with one attached hydrogen (secondary N) is 1. The zero-order valence-electron chi connectivity index (χ0n) is 14.1. The van der Waals surface area contributed by atoms with Gasteiger partial charge in [0, 0.05) is 10.1 Å². The number of β-lactam (4-membered cyclic amide) rings is 1. The Balaban J connectivity index is 1.78. The highest BCUT2D eigenvalue weighted by Crippen LogP contribution is 2.50. The standard InChI is InChI=1S/C14H17N5O5S2/c1-14(2)8(12(22)23)19-10(21)7(11(19)26-14)17-9(20)6(18-24-3)5-4-25-13(15)16-5/h4,7-8,11H,1-3H3,(H2,15,16)(H,17,20)(H,22,23)/t7-,8+,11-/m1/s1. The first-order valence-corrected chi connectivity index (χ1v) is 9.29. The van der Waals surface area contributed by atoms with Crippen LogP contribution in [0.3, 0.4) is 0 Å². The predicted molar refractivity (Wildman–Crippen MR) is 95.7 cm³/mol. The molecule has 2 aliphatic heterocycles. The van der Waals surface area contributed by atoms with Crippen LogP contribution < -0.4 is 11.1 Å². The van der Waals surface area contributed by atoms with E-state index in [1.165, 1.54) is 23.8 Å². The van der Waals surface area contributed by atoms with Gasteiger partial charge >= 0.3 is 5.97 Å². The van der Waals surface area contributed by atoms with Gasteiger partial charge in [0.15, 0.2) is 10.8 Å². The molecule has 1 aromatic heterocycles. The first-order chi connectivity index (χ1) is 12.2. The molecule has 2 amide bonds. The summed E-state index contributed by atoms with van der Waals surface area (Å²) in [6.45, 7) is 3.52. The second kappa shape index (κ2) is 6.43. The lowest BCUT2D eigenvalue weighted by Gasteiger charge is -2.43. The van der Waals surface area contributed by atoms with E-state index in [9.17, 15) is 19.5 Å². The Morgan fingerprint density at radius 3 is 2.73 bits per heavy atom. The van der Waals surface area contributed by atoms with Crippen LogP contribution in [-0.4, -0.2) is 67.8 Å². The van der Waals surface area contributed by atoms with E-state index in [0.717, 1.165) is 11.3 Å². The number of carbonyl (C=O) groups excluding carboxylic acids is 2. The number of amides is 2. The quantitative estimate of drug-likeness (QED) is 0.347. The van der Waals surface area contributed by atoms with E-state index in [0.29, 0.717) is 0 Å². The molecule has 0 aliphatic carbocycles. The van der Waals surface area contributed by atoms with Crippen LogP contribution in [0.4, 0.5) is 5.13 Å². The second-order valence-corrected chi connectivity index (χ2v) is 8.90. The second-order valence-electron chi connectivity index (χ2n) is 6.24. The lowest BCUT2D eigenvalue weighted by atomic mass is 9.96. The van der Waals surface area contributed by atoms with Crippen molar-refractivity contribution in [2.45, 2.75) is 36.1 Å². The summed E-state index contributed by atoms with van der Waals surface area (Å²) in [4.78, 5) is 46.5. The average molecular weight is 399 g/mol. The number of hydrogen-bond donors (Lipinski definition) is 3. The van der Waals surface area contributed by atoms with Crippen LogP contribution in [-0.2, 0) is 19.2 Å². The first-order valence-electron chi connectivity index (χ1n) is 7.53. The number of carboxylic acids is 1. The summed E-state index contributed by atoms with van der Waals surface area (Å²) >= 11 is 2.48. The molecule has 3 heterocycles.